The minimum Gasteiger partial charge on any atom is -0.207 e. The molecule has 0 aliphatic heterocycles. The summed E-state index contributed by atoms with van der Waals surface area (Å²) in [5.74, 6) is 0.450. The van der Waals surface area contributed by atoms with Crippen LogP contribution in [0, 0.1) is 12.8 Å². The summed E-state index contributed by atoms with van der Waals surface area (Å²) in [5.41, 5.74) is 0. The number of hydrogen-bond acceptors (Lipinski definition) is 3. The van der Waals surface area contributed by atoms with E-state index in [4.69, 9.17) is 0 Å². The molecule has 1 unspecified atom stereocenters. The van der Waals surface area contributed by atoms with Crippen LogP contribution in [0.25, 0.3) is 0 Å². The highest BCUT2D eigenvalue weighted by atomic mass is 79.9. The fourth-order valence-electron chi connectivity index (χ4n) is 1.69. The first-order valence-electron chi connectivity index (χ1n) is 5.60. The fourth-order valence-corrected chi connectivity index (χ4v) is 6.00. The average molecular weight is 419 g/mol. The fraction of sp³-hybridized carbons (Fsp3) is 0.636. The molecule has 0 aliphatic carbocycles. The van der Waals surface area contributed by atoms with Gasteiger partial charge in [0.1, 0.15) is 0 Å². The lowest BCUT2D eigenvalue weighted by atomic mass is 10.1. The number of rotatable bonds is 6. The van der Waals surface area contributed by atoms with Crippen molar-refractivity contribution in [3.05, 3.63) is 14.7 Å². The van der Waals surface area contributed by atoms with Gasteiger partial charge in [-0.15, -0.1) is 11.3 Å². The maximum atomic E-state index is 12.3. The lowest BCUT2D eigenvalue weighted by Gasteiger charge is -2.18. The van der Waals surface area contributed by atoms with E-state index in [0.29, 0.717) is 16.1 Å². The molecule has 3 nitrogen and oxygen atoms in total. The quantitative estimate of drug-likeness (QED) is 0.711. The van der Waals surface area contributed by atoms with Crippen LogP contribution in [-0.2, 0) is 10.0 Å². The van der Waals surface area contributed by atoms with Crippen LogP contribution in [0.3, 0.4) is 0 Å². The molecule has 1 rings (SSSR count). The summed E-state index contributed by atoms with van der Waals surface area (Å²) in [6.07, 6.45) is 0.814. The Balaban J connectivity index is 2.90. The van der Waals surface area contributed by atoms with Gasteiger partial charge in [-0.05, 0) is 41.3 Å². The summed E-state index contributed by atoms with van der Waals surface area (Å²) in [7, 11) is -3.43. The molecule has 0 fully saturated rings. The minimum absolute atomic E-state index is 0.0759. The van der Waals surface area contributed by atoms with Crippen molar-refractivity contribution in [1.82, 2.24) is 4.72 Å². The molecule has 1 aromatic heterocycles. The Morgan fingerprint density at radius 3 is 2.44 bits per heavy atom. The van der Waals surface area contributed by atoms with E-state index in [2.05, 4.69) is 50.4 Å². The van der Waals surface area contributed by atoms with Crippen LogP contribution in [0.1, 0.15) is 25.1 Å². The molecule has 0 radical (unpaired) electrons. The largest absolute Gasteiger partial charge is 0.241 e. The highest BCUT2D eigenvalue weighted by Crippen LogP contribution is 2.29. The molecule has 1 heterocycles. The topological polar surface area (TPSA) is 46.2 Å². The summed E-state index contributed by atoms with van der Waals surface area (Å²) in [6, 6.07) is 1.58. The lowest BCUT2D eigenvalue weighted by molar-refractivity contribution is 0.488. The standard InChI is InChI=1S/C11H17Br2NO2S2/c1-7(2)4-9(6-12)14-18(15,16)10-5-11(13)17-8(10)3/h5,7,9,14H,4,6H2,1-3H3. The number of alkyl halides is 1. The molecule has 0 aromatic carbocycles. The molecule has 0 aliphatic rings. The van der Waals surface area contributed by atoms with Crippen molar-refractivity contribution in [3.63, 3.8) is 0 Å². The van der Waals surface area contributed by atoms with Crippen LogP contribution in [0.2, 0.25) is 0 Å². The predicted molar refractivity (Wildman–Crippen MR) is 84.1 cm³/mol. The Hall–Kier alpha value is 0.570. The van der Waals surface area contributed by atoms with E-state index in [0.717, 1.165) is 15.1 Å². The first-order chi connectivity index (χ1) is 8.26. The van der Waals surface area contributed by atoms with Crippen LogP contribution in [-0.4, -0.2) is 19.8 Å². The van der Waals surface area contributed by atoms with E-state index in [-0.39, 0.29) is 6.04 Å². The Kier molecular flexibility index (Phi) is 6.31. The second-order valence-corrected chi connectivity index (χ2v) is 9.54. The molecule has 1 aromatic rings. The van der Waals surface area contributed by atoms with Crippen molar-refractivity contribution in [2.45, 2.75) is 38.1 Å². The van der Waals surface area contributed by atoms with Gasteiger partial charge in [0.2, 0.25) is 10.0 Å². The number of hydrogen-bond donors (Lipinski definition) is 1. The second-order valence-electron chi connectivity index (χ2n) is 4.57. The van der Waals surface area contributed by atoms with Gasteiger partial charge in [0.25, 0.3) is 0 Å². The molecule has 104 valence electrons. The maximum Gasteiger partial charge on any atom is 0.241 e. The van der Waals surface area contributed by atoms with E-state index in [9.17, 15) is 8.42 Å². The van der Waals surface area contributed by atoms with E-state index in [1.54, 1.807) is 6.07 Å². The average Bonchev–Trinajstić information content (AvgIpc) is 2.56. The zero-order valence-corrected chi connectivity index (χ0v) is 15.3. The van der Waals surface area contributed by atoms with Crippen molar-refractivity contribution in [1.29, 1.82) is 0 Å². The number of thiophene rings is 1. The lowest BCUT2D eigenvalue weighted by Crippen LogP contribution is -2.37. The molecule has 0 bridgehead atoms. The molecular formula is C11H17Br2NO2S2. The van der Waals surface area contributed by atoms with E-state index >= 15 is 0 Å². The van der Waals surface area contributed by atoms with Gasteiger partial charge in [0.15, 0.2) is 0 Å². The molecule has 1 N–H and O–H groups in total. The zero-order valence-electron chi connectivity index (χ0n) is 10.5. The highest BCUT2D eigenvalue weighted by molar-refractivity contribution is 9.11. The number of aryl methyl sites for hydroxylation is 1. The maximum absolute atomic E-state index is 12.3. The summed E-state index contributed by atoms with van der Waals surface area (Å²) < 4.78 is 28.1. The van der Waals surface area contributed by atoms with E-state index < -0.39 is 10.0 Å². The van der Waals surface area contributed by atoms with Gasteiger partial charge in [-0.3, -0.25) is 0 Å². The third kappa shape index (κ3) is 4.59. The summed E-state index contributed by atoms with van der Waals surface area (Å²) >= 11 is 8.11. The normalized spacial score (nSPS) is 14.1. The van der Waals surface area contributed by atoms with Crippen molar-refractivity contribution >= 4 is 53.2 Å². The summed E-state index contributed by atoms with van der Waals surface area (Å²) in [6.45, 7) is 5.97. The van der Waals surface area contributed by atoms with E-state index in [1.165, 1.54) is 11.3 Å². The van der Waals surface area contributed by atoms with E-state index in [1.807, 2.05) is 6.92 Å². The Labute approximate surface area is 130 Å². The first-order valence-corrected chi connectivity index (χ1v) is 9.82. The van der Waals surface area contributed by atoms with Crippen molar-refractivity contribution in [2.24, 2.45) is 5.92 Å². The van der Waals surface area contributed by atoms with Crippen LogP contribution in [0.5, 0.6) is 0 Å². The van der Waals surface area contributed by atoms with Crippen LogP contribution in [0.15, 0.2) is 14.7 Å². The van der Waals surface area contributed by atoms with Gasteiger partial charge >= 0.3 is 0 Å². The van der Waals surface area contributed by atoms with Gasteiger partial charge in [-0.1, -0.05) is 29.8 Å². The third-order valence-electron chi connectivity index (χ3n) is 2.40. The molecule has 0 amide bonds. The summed E-state index contributed by atoms with van der Waals surface area (Å²) in [4.78, 5) is 1.17. The van der Waals surface area contributed by atoms with Gasteiger partial charge in [-0.2, -0.15) is 0 Å². The SMILES string of the molecule is Cc1sc(Br)cc1S(=O)(=O)NC(CBr)CC(C)C. The first kappa shape index (κ1) is 16.6. The molecule has 0 saturated carbocycles. The van der Waals surface area contributed by atoms with Gasteiger partial charge in [0.05, 0.1) is 8.68 Å². The third-order valence-corrected chi connectivity index (χ3v) is 6.51. The van der Waals surface area contributed by atoms with Crippen LogP contribution >= 0.6 is 43.2 Å². The summed E-state index contributed by atoms with van der Waals surface area (Å²) in [5, 5.41) is 0.620. The van der Waals surface area contributed by atoms with Crippen LogP contribution < -0.4 is 4.72 Å². The van der Waals surface area contributed by atoms with Gasteiger partial charge < -0.3 is 0 Å². The molecule has 18 heavy (non-hydrogen) atoms. The van der Waals surface area contributed by atoms with Crippen molar-refractivity contribution in [3.8, 4) is 0 Å². The van der Waals surface area contributed by atoms with Crippen molar-refractivity contribution in [2.75, 3.05) is 5.33 Å². The molecule has 0 saturated heterocycles. The molecule has 0 spiro atoms. The molecule has 1 atom stereocenters. The molecular weight excluding hydrogens is 402 g/mol. The predicted octanol–water partition coefficient (Wildman–Crippen LogP) is 3.91. The second kappa shape index (κ2) is 6.83. The zero-order chi connectivity index (χ0) is 13.9. The smallest absolute Gasteiger partial charge is 0.207 e. The van der Waals surface area contributed by atoms with Crippen LogP contribution in [0.4, 0.5) is 0 Å². The number of halogens is 2. The number of nitrogens with one attached hydrogen (secondary N) is 1. The number of sulfonamides is 1. The van der Waals surface area contributed by atoms with Crippen molar-refractivity contribution < 1.29 is 8.42 Å². The Morgan fingerprint density at radius 2 is 2.06 bits per heavy atom. The Bertz CT molecular complexity index is 497. The highest BCUT2D eigenvalue weighted by Gasteiger charge is 2.23. The monoisotopic (exact) mass is 417 g/mol. The van der Waals surface area contributed by atoms with Gasteiger partial charge in [-0.25, -0.2) is 13.1 Å². The Morgan fingerprint density at radius 1 is 1.44 bits per heavy atom. The van der Waals surface area contributed by atoms with Gasteiger partial charge in [0, 0.05) is 16.2 Å². The molecule has 7 heteroatoms. The minimum atomic E-state index is -3.43.